The average Bonchev–Trinajstić information content (AvgIpc) is 2.95. The first kappa shape index (κ1) is 18.9. The summed E-state index contributed by atoms with van der Waals surface area (Å²) in [5.74, 6) is 1.78. The Bertz CT molecular complexity index is 881. The number of aliphatic hydroxyl groups excluding tert-OH is 1. The number of halogens is 1. The van der Waals surface area contributed by atoms with E-state index < -0.39 is 0 Å². The van der Waals surface area contributed by atoms with Gasteiger partial charge in [0.2, 0.25) is 0 Å². The van der Waals surface area contributed by atoms with Gasteiger partial charge in [-0.3, -0.25) is 4.79 Å². The fraction of sp³-hybridized carbons (Fsp3) is 0.696. The second-order valence-corrected chi connectivity index (χ2v) is 11.4. The summed E-state index contributed by atoms with van der Waals surface area (Å²) in [6.07, 6.45) is 4.42. The third-order valence-corrected chi connectivity index (χ3v) is 9.39. The van der Waals surface area contributed by atoms with Crippen LogP contribution in [0, 0.1) is 22.7 Å². The minimum absolute atomic E-state index is 0.0227. The highest BCUT2D eigenvalue weighted by Crippen LogP contribution is 2.66. The van der Waals surface area contributed by atoms with Crippen LogP contribution in [0.1, 0.15) is 74.9 Å². The van der Waals surface area contributed by atoms with Crippen molar-refractivity contribution in [3.8, 4) is 5.75 Å². The van der Waals surface area contributed by atoms with E-state index in [4.69, 9.17) is 4.74 Å². The van der Waals surface area contributed by atoms with E-state index in [1.165, 1.54) is 12.0 Å². The monoisotopic (exact) mass is 447 g/mol. The molecule has 5 rings (SSSR count). The largest absolute Gasteiger partial charge is 0.486 e. The normalized spacial score (nSPS) is 40.5. The van der Waals surface area contributed by atoms with E-state index in [9.17, 15) is 9.90 Å². The van der Waals surface area contributed by atoms with Crippen molar-refractivity contribution in [2.45, 2.75) is 78.0 Å². The Morgan fingerprint density at radius 2 is 1.96 bits per heavy atom. The van der Waals surface area contributed by atoms with Crippen molar-refractivity contribution in [2.75, 3.05) is 0 Å². The molecule has 1 unspecified atom stereocenters. The van der Waals surface area contributed by atoms with Crippen molar-refractivity contribution in [3.63, 3.8) is 0 Å². The average molecular weight is 448 g/mol. The number of nitrogens with one attached hydrogen (secondary N) is 1. The predicted octanol–water partition coefficient (Wildman–Crippen LogP) is 4.60. The first-order chi connectivity index (χ1) is 13.1. The molecule has 28 heavy (non-hydrogen) atoms. The molecule has 152 valence electrons. The highest BCUT2D eigenvalue weighted by atomic mass is 79.9. The first-order valence-electron chi connectivity index (χ1n) is 10.6. The van der Waals surface area contributed by atoms with E-state index in [1.807, 2.05) is 6.07 Å². The first-order valence-corrected chi connectivity index (χ1v) is 11.4. The van der Waals surface area contributed by atoms with Gasteiger partial charge < -0.3 is 15.2 Å². The number of amides is 1. The van der Waals surface area contributed by atoms with Gasteiger partial charge in [0.25, 0.3) is 5.91 Å². The van der Waals surface area contributed by atoms with Crippen LogP contribution in [-0.2, 0) is 13.0 Å². The summed E-state index contributed by atoms with van der Waals surface area (Å²) in [7, 11) is 0. The SMILES string of the molecule is C[C@H]1CC[C@H]2C(C)(C)CC(O)C[C@]23Oc2c(c(Br)cc4c2CNC4=O)C[C@]13C. The van der Waals surface area contributed by atoms with Gasteiger partial charge in [0.1, 0.15) is 11.4 Å². The lowest BCUT2D eigenvalue weighted by molar-refractivity contribution is -0.230. The van der Waals surface area contributed by atoms with Gasteiger partial charge in [0.15, 0.2) is 0 Å². The quantitative estimate of drug-likeness (QED) is 0.610. The Morgan fingerprint density at radius 1 is 1.21 bits per heavy atom. The van der Waals surface area contributed by atoms with Crippen molar-refractivity contribution in [1.29, 1.82) is 0 Å². The Hall–Kier alpha value is -1.07. The number of hydrogen-bond acceptors (Lipinski definition) is 3. The zero-order valence-electron chi connectivity index (χ0n) is 17.2. The summed E-state index contributed by atoms with van der Waals surface area (Å²) in [6.45, 7) is 9.86. The molecule has 4 nitrogen and oxygen atoms in total. The van der Waals surface area contributed by atoms with E-state index in [0.29, 0.717) is 24.8 Å². The van der Waals surface area contributed by atoms with Crippen LogP contribution in [0.4, 0.5) is 0 Å². The number of rotatable bonds is 0. The maximum Gasteiger partial charge on any atom is 0.252 e. The van der Waals surface area contributed by atoms with Crippen molar-refractivity contribution in [3.05, 3.63) is 27.2 Å². The molecule has 5 atom stereocenters. The topological polar surface area (TPSA) is 58.6 Å². The molecule has 1 aromatic rings. The molecule has 1 amide bonds. The molecule has 0 saturated heterocycles. The summed E-state index contributed by atoms with van der Waals surface area (Å²) in [5, 5.41) is 13.9. The molecule has 0 radical (unpaired) electrons. The molecule has 0 aromatic heterocycles. The standard InChI is InChI=1S/C23H30BrNO3/c1-12-5-6-18-21(2,3)8-13(26)9-23(18)22(12,4)10-15-17(24)7-14-16(19(15)28-23)11-25-20(14)27/h7,12-13,18,26H,5-6,8-11H2,1-4H3,(H,25,27)/t12-,13?,18-,22+,23-/m0/s1. The Labute approximate surface area is 175 Å². The smallest absolute Gasteiger partial charge is 0.252 e. The van der Waals surface area contributed by atoms with Gasteiger partial charge in [-0.25, -0.2) is 0 Å². The predicted molar refractivity (Wildman–Crippen MR) is 111 cm³/mol. The van der Waals surface area contributed by atoms with Crippen LogP contribution in [-0.4, -0.2) is 22.7 Å². The van der Waals surface area contributed by atoms with Gasteiger partial charge in [-0.05, 0) is 43.1 Å². The minimum atomic E-state index is -0.390. The number of aliphatic hydroxyl groups is 1. The Balaban J connectivity index is 1.75. The molecule has 4 aliphatic rings. The maximum absolute atomic E-state index is 12.3. The van der Waals surface area contributed by atoms with Crippen LogP contribution in [0.5, 0.6) is 5.75 Å². The molecular weight excluding hydrogens is 418 g/mol. The number of benzene rings is 1. The van der Waals surface area contributed by atoms with Gasteiger partial charge in [-0.15, -0.1) is 0 Å². The van der Waals surface area contributed by atoms with Crippen LogP contribution in [0.2, 0.25) is 0 Å². The molecule has 2 fully saturated rings. The lowest BCUT2D eigenvalue weighted by Crippen LogP contribution is -2.70. The van der Waals surface area contributed by atoms with E-state index in [2.05, 4.69) is 48.9 Å². The minimum Gasteiger partial charge on any atom is -0.486 e. The third-order valence-electron chi connectivity index (χ3n) is 8.68. The summed E-state index contributed by atoms with van der Waals surface area (Å²) >= 11 is 3.73. The van der Waals surface area contributed by atoms with Crippen LogP contribution < -0.4 is 10.1 Å². The fourth-order valence-electron chi connectivity index (χ4n) is 7.10. The van der Waals surface area contributed by atoms with Crippen molar-refractivity contribution in [1.82, 2.24) is 5.32 Å². The summed E-state index contributed by atoms with van der Waals surface area (Å²) in [6, 6.07) is 1.96. The Morgan fingerprint density at radius 3 is 2.71 bits per heavy atom. The molecule has 2 N–H and O–H groups in total. The lowest BCUT2D eigenvalue weighted by atomic mass is 9.44. The van der Waals surface area contributed by atoms with Crippen molar-refractivity contribution < 1.29 is 14.6 Å². The molecule has 1 spiro atoms. The number of hydrogen-bond donors (Lipinski definition) is 2. The van der Waals surface area contributed by atoms with Gasteiger partial charge in [0, 0.05) is 45.5 Å². The molecule has 2 heterocycles. The van der Waals surface area contributed by atoms with Crippen molar-refractivity contribution in [2.24, 2.45) is 22.7 Å². The molecule has 2 aliphatic carbocycles. The molecular formula is C23H30BrNO3. The number of carbonyl (C=O) groups excluding carboxylic acids is 1. The molecule has 1 aromatic carbocycles. The van der Waals surface area contributed by atoms with Crippen LogP contribution in [0.3, 0.4) is 0 Å². The zero-order valence-corrected chi connectivity index (χ0v) is 18.8. The van der Waals surface area contributed by atoms with E-state index in [1.54, 1.807) is 0 Å². The van der Waals surface area contributed by atoms with Crippen LogP contribution >= 0.6 is 15.9 Å². The van der Waals surface area contributed by atoms with Crippen molar-refractivity contribution >= 4 is 21.8 Å². The second kappa shape index (κ2) is 5.75. The number of fused-ring (bicyclic) bond motifs is 3. The van der Waals surface area contributed by atoms with Gasteiger partial charge in [0.05, 0.1) is 6.10 Å². The lowest BCUT2D eigenvalue weighted by Gasteiger charge is -2.66. The Kier molecular flexibility index (Phi) is 3.89. The summed E-state index contributed by atoms with van der Waals surface area (Å²) in [5.41, 5.74) is 2.50. The highest BCUT2D eigenvalue weighted by Gasteiger charge is 2.67. The number of carbonyl (C=O) groups is 1. The van der Waals surface area contributed by atoms with E-state index >= 15 is 0 Å². The van der Waals surface area contributed by atoms with Gasteiger partial charge in [-0.2, -0.15) is 0 Å². The molecule has 2 aliphatic heterocycles. The summed E-state index contributed by atoms with van der Waals surface area (Å²) in [4.78, 5) is 12.3. The van der Waals surface area contributed by atoms with E-state index in [-0.39, 0.29) is 28.4 Å². The molecule has 2 saturated carbocycles. The highest BCUT2D eigenvalue weighted by molar-refractivity contribution is 9.10. The second-order valence-electron chi connectivity index (χ2n) is 10.5. The molecule has 0 bridgehead atoms. The van der Waals surface area contributed by atoms with Gasteiger partial charge >= 0.3 is 0 Å². The maximum atomic E-state index is 12.3. The van der Waals surface area contributed by atoms with Crippen LogP contribution in [0.25, 0.3) is 0 Å². The third kappa shape index (κ3) is 2.23. The molecule has 5 heteroatoms. The van der Waals surface area contributed by atoms with Crippen LogP contribution in [0.15, 0.2) is 10.5 Å². The zero-order chi connectivity index (χ0) is 20.1. The van der Waals surface area contributed by atoms with Gasteiger partial charge in [-0.1, -0.05) is 43.6 Å². The number of ether oxygens (including phenoxy) is 1. The van der Waals surface area contributed by atoms with E-state index in [0.717, 1.165) is 40.6 Å². The summed E-state index contributed by atoms with van der Waals surface area (Å²) < 4.78 is 8.07. The fourth-order valence-corrected chi connectivity index (χ4v) is 7.65.